The van der Waals surface area contributed by atoms with E-state index in [4.69, 9.17) is 9.15 Å². The van der Waals surface area contributed by atoms with Crippen LogP contribution < -0.4 is 5.32 Å². The van der Waals surface area contributed by atoms with E-state index in [1.54, 1.807) is 0 Å². The van der Waals surface area contributed by atoms with Crippen molar-refractivity contribution in [3.63, 3.8) is 0 Å². The Morgan fingerprint density at radius 3 is 2.66 bits per heavy atom. The fraction of sp³-hybridized carbons (Fsp3) is 0.429. The molecule has 4 rings (SSSR count). The number of ether oxygens (including phenoxy) is 1. The number of hydrogen-bond donors (Lipinski definition) is 1. The Kier molecular flexibility index (Phi) is 8.69. The fourth-order valence-corrected chi connectivity index (χ4v) is 4.37. The van der Waals surface area contributed by atoms with Crippen molar-refractivity contribution in [2.45, 2.75) is 39.9 Å². The summed E-state index contributed by atoms with van der Waals surface area (Å²) in [5, 5.41) is 2.96. The van der Waals surface area contributed by atoms with Crippen LogP contribution in [0, 0.1) is 13.8 Å². The van der Waals surface area contributed by atoms with Gasteiger partial charge in [-0.2, -0.15) is 0 Å². The van der Waals surface area contributed by atoms with Crippen molar-refractivity contribution >= 4 is 5.91 Å². The molecule has 1 saturated heterocycles. The number of oxazole rings is 1. The second kappa shape index (κ2) is 12.1. The van der Waals surface area contributed by atoms with Gasteiger partial charge in [-0.25, -0.2) is 4.98 Å². The molecule has 186 valence electrons. The number of hydrogen-bond acceptors (Lipinski definition) is 6. The summed E-state index contributed by atoms with van der Waals surface area (Å²) in [5.74, 6) is 0.335. The lowest BCUT2D eigenvalue weighted by atomic mass is 10.0. The molecule has 7 nitrogen and oxygen atoms in total. The zero-order valence-electron chi connectivity index (χ0n) is 21.0. The number of nitrogens with zero attached hydrogens (tertiary/aromatic N) is 3. The average molecular weight is 477 g/mol. The minimum absolute atomic E-state index is 0.147. The maximum absolute atomic E-state index is 12.6. The van der Waals surface area contributed by atoms with E-state index in [1.165, 1.54) is 28.5 Å². The summed E-state index contributed by atoms with van der Waals surface area (Å²) in [6.45, 7) is 12.4. The highest BCUT2D eigenvalue weighted by molar-refractivity contribution is 5.91. The van der Waals surface area contributed by atoms with Gasteiger partial charge in [0.2, 0.25) is 5.89 Å². The van der Waals surface area contributed by atoms with Gasteiger partial charge in [0.15, 0.2) is 5.69 Å². The van der Waals surface area contributed by atoms with Gasteiger partial charge in [-0.05, 0) is 37.5 Å². The van der Waals surface area contributed by atoms with E-state index in [0.717, 1.165) is 39.4 Å². The van der Waals surface area contributed by atoms with Crippen molar-refractivity contribution in [3.05, 3.63) is 88.6 Å². The van der Waals surface area contributed by atoms with E-state index in [9.17, 15) is 4.79 Å². The molecule has 1 N–H and O–H groups in total. The van der Waals surface area contributed by atoms with Gasteiger partial charge in [-0.3, -0.25) is 14.6 Å². The van der Waals surface area contributed by atoms with Gasteiger partial charge in [0.1, 0.15) is 6.26 Å². The number of aryl methyl sites for hydroxylation is 2. The molecule has 2 aromatic carbocycles. The molecule has 0 bridgehead atoms. The van der Waals surface area contributed by atoms with E-state index in [-0.39, 0.29) is 11.9 Å². The van der Waals surface area contributed by atoms with E-state index in [0.29, 0.717) is 24.7 Å². The maximum Gasteiger partial charge on any atom is 0.273 e. The van der Waals surface area contributed by atoms with E-state index in [2.05, 4.69) is 83.3 Å². The lowest BCUT2D eigenvalue weighted by Gasteiger charge is -2.29. The second-order valence-electron chi connectivity index (χ2n) is 9.26. The molecule has 0 spiro atoms. The minimum Gasteiger partial charge on any atom is -0.447 e. The molecule has 35 heavy (non-hydrogen) atoms. The Labute approximate surface area is 208 Å². The third-order valence-corrected chi connectivity index (χ3v) is 6.65. The number of amides is 1. The van der Waals surface area contributed by atoms with Crippen LogP contribution in [0.25, 0.3) is 0 Å². The fourth-order valence-electron chi connectivity index (χ4n) is 4.37. The van der Waals surface area contributed by atoms with Gasteiger partial charge in [-0.1, -0.05) is 54.1 Å². The smallest absolute Gasteiger partial charge is 0.273 e. The molecule has 1 aliphatic heterocycles. The summed E-state index contributed by atoms with van der Waals surface area (Å²) in [5.41, 5.74) is 5.32. The van der Waals surface area contributed by atoms with Gasteiger partial charge < -0.3 is 14.5 Å². The normalized spacial score (nSPS) is 15.3. The van der Waals surface area contributed by atoms with Crippen LogP contribution in [0.4, 0.5) is 0 Å². The van der Waals surface area contributed by atoms with Crippen LogP contribution in [0.5, 0.6) is 0 Å². The highest BCUT2D eigenvalue weighted by Crippen LogP contribution is 2.26. The first kappa shape index (κ1) is 25.1. The number of rotatable bonds is 10. The van der Waals surface area contributed by atoms with Crippen LogP contribution >= 0.6 is 0 Å². The molecular formula is C28H36N4O3. The predicted octanol–water partition coefficient (Wildman–Crippen LogP) is 4.12. The Balaban J connectivity index is 1.42. The number of benzene rings is 2. The molecule has 1 atom stereocenters. The van der Waals surface area contributed by atoms with Crippen molar-refractivity contribution in [1.82, 2.24) is 20.1 Å². The van der Waals surface area contributed by atoms with Crippen LogP contribution in [0.2, 0.25) is 0 Å². The third-order valence-electron chi connectivity index (χ3n) is 6.65. The molecule has 0 saturated carbocycles. The van der Waals surface area contributed by atoms with Crippen LogP contribution in [-0.4, -0.2) is 60.1 Å². The summed E-state index contributed by atoms with van der Waals surface area (Å²) in [6.07, 6.45) is 1.46. The highest BCUT2D eigenvalue weighted by atomic mass is 16.5. The van der Waals surface area contributed by atoms with Crippen LogP contribution in [0.15, 0.2) is 59.2 Å². The SMILES string of the molecule is Cc1ccc(C)c(CN(Cc2nc(C(=O)NCCN3CCOCC3)co2)[C@H](C)c2ccccc2)c1. The van der Waals surface area contributed by atoms with Crippen LogP contribution in [0.3, 0.4) is 0 Å². The zero-order chi connectivity index (χ0) is 24.6. The largest absolute Gasteiger partial charge is 0.447 e. The summed E-state index contributed by atoms with van der Waals surface area (Å²) in [7, 11) is 0. The predicted molar refractivity (Wildman–Crippen MR) is 136 cm³/mol. The molecule has 2 heterocycles. The average Bonchev–Trinajstić information content (AvgIpc) is 3.35. The molecule has 1 fully saturated rings. The third kappa shape index (κ3) is 7.01. The van der Waals surface area contributed by atoms with Crippen LogP contribution in [-0.2, 0) is 17.8 Å². The van der Waals surface area contributed by atoms with E-state index in [1.807, 2.05) is 6.07 Å². The van der Waals surface area contributed by atoms with Crippen molar-refractivity contribution < 1.29 is 13.9 Å². The number of nitrogens with one attached hydrogen (secondary N) is 1. The summed E-state index contributed by atoms with van der Waals surface area (Å²) in [4.78, 5) is 21.8. The molecule has 1 aliphatic rings. The number of aromatic nitrogens is 1. The standard InChI is InChI=1S/C28H36N4O3/c1-21-9-10-22(2)25(17-21)18-32(23(3)24-7-5-4-6-8-24)19-27-30-26(20-35-27)28(33)29-11-12-31-13-15-34-16-14-31/h4-10,17,20,23H,11-16,18-19H2,1-3H3,(H,29,33)/t23-/m1/s1. The molecule has 1 amide bonds. The first-order valence-electron chi connectivity index (χ1n) is 12.4. The van der Waals surface area contributed by atoms with Crippen molar-refractivity contribution in [2.24, 2.45) is 0 Å². The first-order chi connectivity index (χ1) is 17.0. The summed E-state index contributed by atoms with van der Waals surface area (Å²) in [6, 6.07) is 17.1. The van der Waals surface area contributed by atoms with E-state index < -0.39 is 0 Å². The maximum atomic E-state index is 12.6. The molecular weight excluding hydrogens is 440 g/mol. The second-order valence-corrected chi connectivity index (χ2v) is 9.26. The Bertz CT molecular complexity index is 1090. The molecule has 7 heteroatoms. The van der Waals surface area contributed by atoms with Gasteiger partial charge in [-0.15, -0.1) is 0 Å². The molecule has 1 aromatic heterocycles. The molecule has 0 radical (unpaired) electrons. The quantitative estimate of drug-likeness (QED) is 0.475. The highest BCUT2D eigenvalue weighted by Gasteiger charge is 2.21. The first-order valence-corrected chi connectivity index (χ1v) is 12.4. The van der Waals surface area contributed by atoms with E-state index >= 15 is 0 Å². The molecule has 0 unspecified atom stereocenters. The number of carbonyl (C=O) groups excluding carboxylic acids is 1. The van der Waals surface area contributed by atoms with Gasteiger partial charge in [0.25, 0.3) is 5.91 Å². The topological polar surface area (TPSA) is 70.8 Å². The summed E-state index contributed by atoms with van der Waals surface area (Å²) < 4.78 is 11.1. The lowest BCUT2D eigenvalue weighted by molar-refractivity contribution is 0.0383. The zero-order valence-corrected chi connectivity index (χ0v) is 21.0. The van der Waals surface area contributed by atoms with Gasteiger partial charge in [0, 0.05) is 38.8 Å². The Hall–Kier alpha value is -3.00. The van der Waals surface area contributed by atoms with Crippen molar-refractivity contribution in [2.75, 3.05) is 39.4 Å². The van der Waals surface area contributed by atoms with Crippen molar-refractivity contribution in [1.29, 1.82) is 0 Å². The Morgan fingerprint density at radius 1 is 1.11 bits per heavy atom. The van der Waals surface area contributed by atoms with Gasteiger partial charge >= 0.3 is 0 Å². The molecule has 0 aliphatic carbocycles. The Morgan fingerprint density at radius 2 is 1.89 bits per heavy atom. The van der Waals surface area contributed by atoms with Gasteiger partial charge in [0.05, 0.1) is 19.8 Å². The minimum atomic E-state index is -0.203. The van der Waals surface area contributed by atoms with Crippen molar-refractivity contribution in [3.8, 4) is 0 Å². The number of carbonyl (C=O) groups is 1. The number of morpholine rings is 1. The summed E-state index contributed by atoms with van der Waals surface area (Å²) >= 11 is 0. The molecule has 3 aromatic rings. The monoisotopic (exact) mass is 476 g/mol. The lowest BCUT2D eigenvalue weighted by Crippen LogP contribution is -2.41. The van der Waals surface area contributed by atoms with Crippen LogP contribution in [0.1, 0.15) is 51.6 Å².